The first-order valence-electron chi connectivity index (χ1n) is 8.26. The van der Waals surface area contributed by atoms with Crippen LogP contribution in [0.15, 0.2) is 54.7 Å². The Kier molecular flexibility index (Phi) is 12.7. The zero-order valence-electron chi connectivity index (χ0n) is 16.5. The van der Waals surface area contributed by atoms with Crippen LogP contribution < -0.4 is 5.32 Å². The first-order valence-corrected chi connectivity index (χ1v) is 9.01. The quantitative estimate of drug-likeness (QED) is 0.643. The number of carbonyl (C=O) groups is 3. The minimum absolute atomic E-state index is 0.169. The molecule has 154 valence electrons. The number of rotatable bonds is 2. The molecule has 1 amide bonds. The summed E-state index contributed by atoms with van der Waals surface area (Å²) in [6.07, 6.45) is 1.74. The maximum atomic E-state index is 11.4. The number of hydrogen-bond acceptors (Lipinski definition) is 4. The molecule has 1 heterocycles. The van der Waals surface area contributed by atoms with Gasteiger partial charge in [-0.2, -0.15) is 0 Å². The predicted molar refractivity (Wildman–Crippen MR) is 117 cm³/mol. The Morgan fingerprint density at radius 1 is 0.931 bits per heavy atom. The number of nitrogens with zero attached hydrogens (tertiary/aromatic N) is 2. The lowest BCUT2D eigenvalue weighted by Gasteiger charge is -2.02. The average molecular weight is 436 g/mol. The molecule has 0 fully saturated rings. The van der Waals surface area contributed by atoms with E-state index >= 15 is 0 Å². The lowest BCUT2D eigenvalue weighted by Crippen LogP contribution is -2.18. The van der Waals surface area contributed by atoms with E-state index in [0.717, 1.165) is 27.1 Å². The molecule has 0 atom stereocenters. The van der Waals surface area contributed by atoms with Crippen molar-refractivity contribution in [1.29, 1.82) is 0 Å². The smallest absolute Gasteiger partial charge is 0.271 e. The number of nitrogens with one attached hydrogen (secondary N) is 1. The highest BCUT2D eigenvalue weighted by Gasteiger charge is 2.10. The van der Waals surface area contributed by atoms with Gasteiger partial charge in [-0.15, -0.1) is 0 Å². The lowest BCUT2D eigenvalue weighted by atomic mass is 10.2. The third kappa shape index (κ3) is 7.89. The second-order valence-electron chi connectivity index (χ2n) is 5.30. The average Bonchev–Trinajstić information content (AvgIpc) is 3.17. The normalized spacial score (nSPS) is 8.86. The molecular formula is C21H23Cl2N3O3. The van der Waals surface area contributed by atoms with Gasteiger partial charge in [0.2, 0.25) is 0 Å². The van der Waals surface area contributed by atoms with Crippen molar-refractivity contribution in [2.45, 2.75) is 13.8 Å². The van der Waals surface area contributed by atoms with Gasteiger partial charge in [0, 0.05) is 29.0 Å². The second kappa shape index (κ2) is 14.1. The maximum Gasteiger partial charge on any atom is 0.271 e. The Morgan fingerprint density at radius 2 is 1.45 bits per heavy atom. The number of carbonyl (C=O) groups excluding carboxylic acids is 3. The molecule has 0 unspecified atom stereocenters. The van der Waals surface area contributed by atoms with Crippen LogP contribution >= 0.6 is 23.2 Å². The molecule has 0 saturated carbocycles. The van der Waals surface area contributed by atoms with Crippen LogP contribution in [0, 0.1) is 13.8 Å². The van der Waals surface area contributed by atoms with E-state index < -0.39 is 0 Å². The molecule has 6 nitrogen and oxygen atoms in total. The topological polar surface area (TPSA) is 81.1 Å². The van der Waals surface area contributed by atoms with Crippen molar-refractivity contribution in [3.8, 4) is 5.69 Å². The molecule has 0 aliphatic carbocycles. The molecule has 1 N–H and O–H groups in total. The van der Waals surface area contributed by atoms with Crippen LogP contribution in [0.5, 0.6) is 0 Å². The summed E-state index contributed by atoms with van der Waals surface area (Å²) in [6, 6.07) is 15.3. The van der Waals surface area contributed by atoms with Crippen LogP contribution in [0.3, 0.4) is 0 Å². The van der Waals surface area contributed by atoms with Gasteiger partial charge in [0.15, 0.2) is 0 Å². The Morgan fingerprint density at radius 3 is 1.90 bits per heavy atom. The summed E-state index contributed by atoms with van der Waals surface area (Å²) in [7, 11) is 1.60. The molecule has 3 aromatic rings. The number of aryl methyl sites for hydroxylation is 1. The van der Waals surface area contributed by atoms with Gasteiger partial charge in [-0.05, 0) is 43.7 Å². The Hall–Kier alpha value is -2.96. The summed E-state index contributed by atoms with van der Waals surface area (Å²) in [5.41, 5.74) is 2.38. The van der Waals surface area contributed by atoms with Crippen LogP contribution in [-0.4, -0.2) is 36.1 Å². The van der Waals surface area contributed by atoms with E-state index in [1.54, 1.807) is 13.2 Å². The van der Waals surface area contributed by atoms with Crippen molar-refractivity contribution in [2.75, 3.05) is 7.05 Å². The number of halogens is 2. The number of imidazole rings is 1. The van der Waals surface area contributed by atoms with E-state index in [1.807, 2.05) is 80.5 Å². The van der Waals surface area contributed by atoms with Gasteiger partial charge >= 0.3 is 0 Å². The van der Waals surface area contributed by atoms with E-state index in [0.29, 0.717) is 5.69 Å². The van der Waals surface area contributed by atoms with Gasteiger partial charge in [-0.1, -0.05) is 47.5 Å². The van der Waals surface area contributed by atoms with Gasteiger partial charge in [-0.25, -0.2) is 4.98 Å². The van der Waals surface area contributed by atoms with E-state index in [4.69, 9.17) is 32.8 Å². The van der Waals surface area contributed by atoms with Crippen molar-refractivity contribution in [1.82, 2.24) is 14.9 Å². The van der Waals surface area contributed by atoms with Crippen LogP contribution in [0.1, 0.15) is 21.9 Å². The van der Waals surface area contributed by atoms with Crippen molar-refractivity contribution in [3.63, 3.8) is 0 Å². The summed E-state index contributed by atoms with van der Waals surface area (Å²) in [6.45, 7) is 7.77. The molecule has 0 aliphatic heterocycles. The fraction of sp³-hybridized carbons (Fsp3) is 0.143. The minimum atomic E-state index is -0.169. The third-order valence-corrected chi connectivity index (χ3v) is 4.40. The van der Waals surface area contributed by atoms with Crippen molar-refractivity contribution >= 4 is 42.7 Å². The summed E-state index contributed by atoms with van der Waals surface area (Å²) in [4.78, 5) is 31.6. The largest absolute Gasteiger partial charge is 0.354 e. The Bertz CT molecular complexity index is 877. The third-order valence-electron chi connectivity index (χ3n) is 3.58. The molecule has 8 heteroatoms. The number of para-hydroxylation sites is 1. The molecule has 0 spiro atoms. The maximum absolute atomic E-state index is 11.4. The lowest BCUT2D eigenvalue weighted by molar-refractivity contribution is -0.0987. The number of benzene rings is 2. The van der Waals surface area contributed by atoms with Crippen molar-refractivity contribution < 1.29 is 14.4 Å². The Labute approximate surface area is 180 Å². The highest BCUT2D eigenvalue weighted by molar-refractivity contribution is 6.35. The predicted octanol–water partition coefficient (Wildman–Crippen LogP) is 4.47. The number of aromatic nitrogens is 2. The van der Waals surface area contributed by atoms with E-state index in [9.17, 15) is 4.79 Å². The highest BCUT2D eigenvalue weighted by Crippen LogP contribution is 2.22. The summed E-state index contributed by atoms with van der Waals surface area (Å²) < 4.78 is 1.89. The van der Waals surface area contributed by atoms with E-state index in [-0.39, 0.29) is 5.91 Å². The zero-order chi connectivity index (χ0) is 22.4. The molecule has 0 aliphatic rings. The fourth-order valence-corrected chi connectivity index (χ4v) is 2.54. The number of hydrogen-bond donors (Lipinski definition) is 1. The molecule has 0 saturated heterocycles. The van der Waals surface area contributed by atoms with Crippen molar-refractivity contribution in [2.24, 2.45) is 0 Å². The van der Waals surface area contributed by atoms with Crippen molar-refractivity contribution in [3.05, 3.63) is 81.9 Å². The van der Waals surface area contributed by atoms with Crippen LogP contribution in [-0.2, 0) is 9.59 Å². The van der Waals surface area contributed by atoms with Gasteiger partial charge in [0.25, 0.3) is 5.91 Å². The molecule has 0 bridgehead atoms. The highest BCUT2D eigenvalue weighted by atomic mass is 35.5. The fourth-order valence-electron chi connectivity index (χ4n) is 2.14. The van der Waals surface area contributed by atoms with Crippen LogP contribution in [0.25, 0.3) is 5.69 Å². The first-order chi connectivity index (χ1) is 13.9. The molecule has 29 heavy (non-hydrogen) atoms. The van der Waals surface area contributed by atoms with E-state index in [2.05, 4.69) is 10.3 Å². The number of amides is 1. The summed E-state index contributed by atoms with van der Waals surface area (Å²) in [5, 5.41) is 4.01. The minimum Gasteiger partial charge on any atom is -0.354 e. The molecule has 0 radical (unpaired) electrons. The monoisotopic (exact) mass is 435 g/mol. The zero-order valence-corrected chi connectivity index (χ0v) is 18.0. The van der Waals surface area contributed by atoms with E-state index in [1.165, 1.54) is 0 Å². The summed E-state index contributed by atoms with van der Waals surface area (Å²) >= 11 is 11.5. The van der Waals surface area contributed by atoms with Gasteiger partial charge < -0.3 is 19.5 Å². The molecular weight excluding hydrogens is 413 g/mol. The van der Waals surface area contributed by atoms with Gasteiger partial charge in [0.05, 0.1) is 0 Å². The van der Waals surface area contributed by atoms with Crippen LogP contribution in [0.2, 0.25) is 10.0 Å². The van der Waals surface area contributed by atoms with Gasteiger partial charge in [0.1, 0.15) is 25.1 Å². The van der Waals surface area contributed by atoms with Gasteiger partial charge in [-0.3, -0.25) is 4.79 Å². The summed E-state index contributed by atoms with van der Waals surface area (Å²) in [5.74, 6) is 0.627. The molecule has 3 rings (SSSR count). The first kappa shape index (κ1) is 26.0. The molecule has 1 aromatic heterocycles. The Balaban J connectivity index is 0.000000513. The van der Waals surface area contributed by atoms with Crippen LogP contribution in [0.4, 0.5) is 0 Å². The SMILES string of the molecule is C=O.C=O.CNC(=O)c1cn(-c2ccccc2)c(C)n1.Cc1c(Cl)cccc1Cl. The standard InChI is InChI=1S/C12H13N3O.C7H6Cl2.2CH2O/c1-9-14-11(12(16)13-2)8-15(9)10-6-4-3-5-7-10;1-5-6(8)3-2-4-7(5)9;2*1-2/h3-8H,1-2H3,(H,13,16);2-4H,1H3;2*1H2. The second-order valence-corrected chi connectivity index (χ2v) is 6.12. The molecule has 2 aromatic carbocycles.